The van der Waals surface area contributed by atoms with E-state index in [9.17, 15) is 0 Å². The number of hydrogen-bond donors (Lipinski definition) is 2. The van der Waals surface area contributed by atoms with Crippen molar-refractivity contribution in [3.8, 4) is 17.2 Å². The highest BCUT2D eigenvalue weighted by atomic mass is 127. The molecule has 1 aliphatic rings. The molecule has 146 valence electrons. The highest BCUT2D eigenvalue weighted by Crippen LogP contribution is 2.32. The zero-order valence-corrected chi connectivity index (χ0v) is 18.2. The first-order valence-corrected chi connectivity index (χ1v) is 8.74. The quantitative estimate of drug-likeness (QED) is 0.374. The van der Waals surface area contributed by atoms with E-state index < -0.39 is 0 Å². The summed E-state index contributed by atoms with van der Waals surface area (Å²) in [5.41, 5.74) is 3.36. The van der Waals surface area contributed by atoms with Crippen LogP contribution in [0.4, 0.5) is 0 Å². The summed E-state index contributed by atoms with van der Waals surface area (Å²) in [4.78, 5) is 4.67. The molecule has 0 aliphatic carbocycles. The summed E-state index contributed by atoms with van der Waals surface area (Å²) in [6.07, 6.45) is 0. The van der Waals surface area contributed by atoms with E-state index in [1.54, 1.807) is 7.11 Å². The van der Waals surface area contributed by atoms with Gasteiger partial charge in [0.05, 0.1) is 13.7 Å². The number of ether oxygens (including phenoxy) is 3. The van der Waals surface area contributed by atoms with Gasteiger partial charge in [-0.05, 0) is 48.7 Å². The third kappa shape index (κ3) is 5.66. The van der Waals surface area contributed by atoms with Gasteiger partial charge < -0.3 is 24.8 Å². The third-order valence-corrected chi connectivity index (χ3v) is 4.12. The second-order valence-electron chi connectivity index (χ2n) is 6.04. The number of aryl methyl sites for hydroxylation is 1. The molecule has 2 aromatic rings. The van der Waals surface area contributed by atoms with Crippen molar-refractivity contribution in [2.45, 2.75) is 26.9 Å². The molecule has 1 heterocycles. The van der Waals surface area contributed by atoms with Crippen LogP contribution >= 0.6 is 24.0 Å². The van der Waals surface area contributed by atoms with Crippen LogP contribution in [-0.2, 0) is 13.1 Å². The second kappa shape index (κ2) is 10.2. The summed E-state index contributed by atoms with van der Waals surface area (Å²) < 4.78 is 16.1. The Balaban J connectivity index is 0.00000261. The number of aliphatic imine (C=N–C) groups is 1. The van der Waals surface area contributed by atoms with Gasteiger partial charge >= 0.3 is 0 Å². The number of rotatable bonds is 6. The van der Waals surface area contributed by atoms with Crippen LogP contribution < -0.4 is 24.8 Å². The third-order valence-electron chi connectivity index (χ3n) is 4.12. The lowest BCUT2D eigenvalue weighted by Gasteiger charge is -2.12. The predicted molar refractivity (Wildman–Crippen MR) is 117 cm³/mol. The van der Waals surface area contributed by atoms with Crippen LogP contribution in [0.15, 0.2) is 41.4 Å². The molecular formula is C20H26IN3O3. The molecule has 0 aromatic heterocycles. The van der Waals surface area contributed by atoms with Gasteiger partial charge in [0.1, 0.15) is 5.75 Å². The van der Waals surface area contributed by atoms with Crippen molar-refractivity contribution in [2.24, 2.45) is 4.99 Å². The standard InChI is InChI=1S/C20H25N3O3.HI/c1-4-21-20(22-11-15-5-7-17(24-3)14(2)9-15)23-12-16-6-8-18-19(10-16)26-13-25-18;/h5-10H,4,11-13H2,1-3H3,(H2,21,22,23);1H. The normalized spacial score (nSPS) is 12.3. The number of halogens is 1. The number of methoxy groups -OCH3 is 1. The minimum atomic E-state index is 0. The Bertz CT molecular complexity index is 796. The van der Waals surface area contributed by atoms with Crippen LogP contribution in [0, 0.1) is 6.92 Å². The van der Waals surface area contributed by atoms with E-state index in [-0.39, 0.29) is 30.8 Å². The molecule has 27 heavy (non-hydrogen) atoms. The van der Waals surface area contributed by atoms with E-state index in [1.165, 1.54) is 0 Å². The molecule has 2 aromatic carbocycles. The van der Waals surface area contributed by atoms with Gasteiger partial charge in [-0.2, -0.15) is 0 Å². The van der Waals surface area contributed by atoms with Crippen molar-refractivity contribution in [1.29, 1.82) is 0 Å². The van der Waals surface area contributed by atoms with Crippen molar-refractivity contribution in [2.75, 3.05) is 20.4 Å². The molecule has 0 unspecified atom stereocenters. The molecule has 0 saturated heterocycles. The fourth-order valence-corrected chi connectivity index (χ4v) is 2.79. The summed E-state index contributed by atoms with van der Waals surface area (Å²) in [6.45, 7) is 6.43. The SMILES string of the molecule is CCNC(=NCc1ccc(OC)c(C)c1)NCc1ccc2c(c1)OCO2.I. The van der Waals surface area contributed by atoms with E-state index in [0.717, 1.165) is 46.4 Å². The lowest BCUT2D eigenvalue weighted by molar-refractivity contribution is 0.174. The average Bonchev–Trinajstić information content (AvgIpc) is 3.12. The maximum absolute atomic E-state index is 5.42. The fourth-order valence-electron chi connectivity index (χ4n) is 2.79. The Morgan fingerprint density at radius 2 is 1.85 bits per heavy atom. The van der Waals surface area contributed by atoms with Crippen LogP contribution in [0.1, 0.15) is 23.6 Å². The summed E-state index contributed by atoms with van der Waals surface area (Å²) in [5.74, 6) is 3.26. The van der Waals surface area contributed by atoms with Crippen molar-refractivity contribution in [3.63, 3.8) is 0 Å². The molecular weight excluding hydrogens is 457 g/mol. The van der Waals surface area contributed by atoms with Gasteiger partial charge in [0, 0.05) is 13.1 Å². The first kappa shape index (κ1) is 21.1. The minimum Gasteiger partial charge on any atom is -0.496 e. The number of benzene rings is 2. The average molecular weight is 483 g/mol. The number of guanidine groups is 1. The lowest BCUT2D eigenvalue weighted by atomic mass is 10.1. The Hall–Kier alpha value is -2.16. The Morgan fingerprint density at radius 1 is 1.07 bits per heavy atom. The topological polar surface area (TPSA) is 64.1 Å². The molecule has 6 nitrogen and oxygen atoms in total. The number of nitrogens with one attached hydrogen (secondary N) is 2. The molecule has 0 spiro atoms. The van der Waals surface area contributed by atoms with Gasteiger partial charge in [-0.3, -0.25) is 0 Å². The Kier molecular flexibility index (Phi) is 8.02. The highest BCUT2D eigenvalue weighted by molar-refractivity contribution is 14.0. The molecule has 2 N–H and O–H groups in total. The van der Waals surface area contributed by atoms with Gasteiger partial charge in [-0.15, -0.1) is 24.0 Å². The smallest absolute Gasteiger partial charge is 0.231 e. The van der Waals surface area contributed by atoms with E-state index >= 15 is 0 Å². The first-order chi connectivity index (χ1) is 12.7. The Morgan fingerprint density at radius 3 is 2.59 bits per heavy atom. The van der Waals surface area contributed by atoms with E-state index in [2.05, 4.69) is 28.6 Å². The summed E-state index contributed by atoms with van der Waals surface area (Å²) >= 11 is 0. The lowest BCUT2D eigenvalue weighted by Crippen LogP contribution is -2.36. The molecule has 0 radical (unpaired) electrons. The number of nitrogens with zero attached hydrogens (tertiary/aromatic N) is 1. The molecule has 3 rings (SSSR count). The number of hydrogen-bond acceptors (Lipinski definition) is 4. The second-order valence-corrected chi connectivity index (χ2v) is 6.04. The van der Waals surface area contributed by atoms with Gasteiger partial charge in [0.2, 0.25) is 6.79 Å². The van der Waals surface area contributed by atoms with Crippen molar-refractivity contribution < 1.29 is 14.2 Å². The van der Waals surface area contributed by atoms with Crippen molar-refractivity contribution in [3.05, 3.63) is 53.1 Å². The van der Waals surface area contributed by atoms with Crippen molar-refractivity contribution >= 4 is 29.9 Å². The van der Waals surface area contributed by atoms with Crippen LogP contribution in [0.3, 0.4) is 0 Å². The minimum absolute atomic E-state index is 0. The molecule has 0 bridgehead atoms. The Labute approximate surface area is 177 Å². The zero-order valence-electron chi connectivity index (χ0n) is 15.9. The molecule has 0 amide bonds. The maximum atomic E-state index is 5.42. The summed E-state index contributed by atoms with van der Waals surface area (Å²) in [7, 11) is 1.68. The van der Waals surface area contributed by atoms with Gasteiger partial charge in [-0.25, -0.2) is 4.99 Å². The largest absolute Gasteiger partial charge is 0.496 e. The summed E-state index contributed by atoms with van der Waals surface area (Å²) in [5, 5.41) is 6.62. The molecule has 0 atom stereocenters. The highest BCUT2D eigenvalue weighted by Gasteiger charge is 2.13. The maximum Gasteiger partial charge on any atom is 0.231 e. The van der Waals surface area contributed by atoms with Crippen LogP contribution in [0.5, 0.6) is 17.2 Å². The van der Waals surface area contributed by atoms with Crippen LogP contribution in [0.2, 0.25) is 0 Å². The van der Waals surface area contributed by atoms with Crippen molar-refractivity contribution in [1.82, 2.24) is 10.6 Å². The zero-order chi connectivity index (χ0) is 18.4. The predicted octanol–water partition coefficient (Wildman–Crippen LogP) is 3.61. The number of fused-ring (bicyclic) bond motifs is 1. The first-order valence-electron chi connectivity index (χ1n) is 8.74. The van der Waals surface area contributed by atoms with E-state index in [4.69, 9.17) is 14.2 Å². The van der Waals surface area contributed by atoms with Crippen LogP contribution in [0.25, 0.3) is 0 Å². The molecule has 0 saturated carbocycles. The fraction of sp³-hybridized carbons (Fsp3) is 0.350. The molecule has 0 fully saturated rings. The van der Waals surface area contributed by atoms with Gasteiger partial charge in [0.15, 0.2) is 17.5 Å². The van der Waals surface area contributed by atoms with Crippen LogP contribution in [-0.4, -0.2) is 26.4 Å². The van der Waals surface area contributed by atoms with Gasteiger partial charge in [-0.1, -0.05) is 18.2 Å². The van der Waals surface area contributed by atoms with Gasteiger partial charge in [0.25, 0.3) is 0 Å². The van der Waals surface area contributed by atoms with E-state index in [1.807, 2.05) is 37.3 Å². The molecule has 7 heteroatoms. The molecule has 1 aliphatic heterocycles. The van der Waals surface area contributed by atoms with E-state index in [0.29, 0.717) is 13.1 Å². The summed E-state index contributed by atoms with van der Waals surface area (Å²) in [6, 6.07) is 12.1. The monoisotopic (exact) mass is 483 g/mol.